The van der Waals surface area contributed by atoms with E-state index >= 15 is 0 Å². The number of Topliss-reactive ketones (excluding diaryl/α,β-unsaturated/α-hetero) is 1. The average molecular weight is 237 g/mol. The highest BCUT2D eigenvalue weighted by molar-refractivity contribution is 5.82. The standard InChI is InChI=1S/C15H27NO/c1-10-5-6-14(9-11(10)2)16-8-7-15(17)12(3)13(16)4/h10-14H,5-9H2,1-4H3. The third-order valence-corrected chi connectivity index (χ3v) is 5.41. The van der Waals surface area contributed by atoms with Crippen molar-refractivity contribution in [1.29, 1.82) is 0 Å². The second kappa shape index (κ2) is 5.09. The molecule has 2 fully saturated rings. The lowest BCUT2D eigenvalue weighted by Gasteiger charge is -2.46. The molecule has 5 atom stereocenters. The van der Waals surface area contributed by atoms with E-state index < -0.39 is 0 Å². The molecule has 0 N–H and O–H groups in total. The monoisotopic (exact) mass is 237 g/mol. The fraction of sp³-hybridized carbons (Fsp3) is 0.933. The van der Waals surface area contributed by atoms with Crippen molar-refractivity contribution >= 4 is 5.78 Å². The maximum Gasteiger partial charge on any atom is 0.138 e. The first-order valence-electron chi connectivity index (χ1n) is 7.29. The second-order valence-electron chi connectivity index (χ2n) is 6.40. The molecule has 1 heterocycles. The number of nitrogens with zero attached hydrogens (tertiary/aromatic N) is 1. The van der Waals surface area contributed by atoms with E-state index in [2.05, 4.69) is 32.6 Å². The molecular formula is C15H27NO. The smallest absolute Gasteiger partial charge is 0.138 e. The molecule has 0 aromatic carbocycles. The molecule has 1 aliphatic carbocycles. The third-order valence-electron chi connectivity index (χ3n) is 5.41. The molecule has 0 amide bonds. The predicted molar refractivity (Wildman–Crippen MR) is 70.9 cm³/mol. The molecular weight excluding hydrogens is 210 g/mol. The van der Waals surface area contributed by atoms with Crippen LogP contribution in [0.5, 0.6) is 0 Å². The largest absolute Gasteiger partial charge is 0.299 e. The van der Waals surface area contributed by atoms with Crippen molar-refractivity contribution in [2.24, 2.45) is 17.8 Å². The fourth-order valence-electron chi connectivity index (χ4n) is 3.56. The van der Waals surface area contributed by atoms with Gasteiger partial charge in [0.2, 0.25) is 0 Å². The summed E-state index contributed by atoms with van der Waals surface area (Å²) in [6, 6.07) is 1.17. The SMILES string of the molecule is CC1CCC(N2CCC(=O)C(C)C2C)CC1C. The number of carbonyl (C=O) groups is 1. The van der Waals surface area contributed by atoms with Crippen molar-refractivity contribution in [3.63, 3.8) is 0 Å². The van der Waals surface area contributed by atoms with Crippen LogP contribution in [0.15, 0.2) is 0 Å². The number of piperidine rings is 1. The molecule has 0 bridgehead atoms. The van der Waals surface area contributed by atoms with E-state index in [0.717, 1.165) is 30.8 Å². The summed E-state index contributed by atoms with van der Waals surface area (Å²) >= 11 is 0. The zero-order valence-electron chi connectivity index (χ0n) is 11.8. The van der Waals surface area contributed by atoms with Gasteiger partial charge in [-0.05, 0) is 38.0 Å². The quantitative estimate of drug-likeness (QED) is 0.698. The van der Waals surface area contributed by atoms with Crippen LogP contribution in [0.25, 0.3) is 0 Å². The summed E-state index contributed by atoms with van der Waals surface area (Å²) in [6.45, 7) is 10.1. The van der Waals surface area contributed by atoms with Crippen LogP contribution < -0.4 is 0 Å². The Hall–Kier alpha value is -0.370. The number of hydrogen-bond acceptors (Lipinski definition) is 2. The van der Waals surface area contributed by atoms with Gasteiger partial charge < -0.3 is 0 Å². The summed E-state index contributed by atoms with van der Waals surface area (Å²) < 4.78 is 0. The molecule has 17 heavy (non-hydrogen) atoms. The lowest BCUT2D eigenvalue weighted by Crippen LogP contribution is -2.53. The molecule has 0 aromatic heterocycles. The van der Waals surface area contributed by atoms with E-state index in [4.69, 9.17) is 0 Å². The third kappa shape index (κ3) is 2.57. The van der Waals surface area contributed by atoms with Crippen LogP contribution in [0, 0.1) is 17.8 Å². The van der Waals surface area contributed by atoms with Gasteiger partial charge in [-0.2, -0.15) is 0 Å². The first kappa shape index (κ1) is 13.1. The molecule has 2 heteroatoms. The Labute approximate surface area is 106 Å². The molecule has 2 nitrogen and oxygen atoms in total. The van der Waals surface area contributed by atoms with Gasteiger partial charge >= 0.3 is 0 Å². The Bertz CT molecular complexity index is 289. The Morgan fingerprint density at radius 2 is 1.76 bits per heavy atom. The molecule has 5 unspecified atom stereocenters. The summed E-state index contributed by atoms with van der Waals surface area (Å²) in [6.07, 6.45) is 4.78. The first-order valence-corrected chi connectivity index (χ1v) is 7.29. The van der Waals surface area contributed by atoms with Crippen LogP contribution in [-0.4, -0.2) is 29.3 Å². The maximum absolute atomic E-state index is 11.7. The minimum absolute atomic E-state index is 0.235. The van der Waals surface area contributed by atoms with E-state index in [1.54, 1.807) is 0 Å². The normalized spacial score (nSPS) is 44.9. The number of rotatable bonds is 1. The van der Waals surface area contributed by atoms with Crippen LogP contribution in [-0.2, 0) is 4.79 Å². The van der Waals surface area contributed by atoms with Crippen molar-refractivity contribution < 1.29 is 4.79 Å². The lowest BCUT2D eigenvalue weighted by atomic mass is 9.77. The van der Waals surface area contributed by atoms with Crippen LogP contribution in [0.4, 0.5) is 0 Å². The molecule has 1 aliphatic heterocycles. The topological polar surface area (TPSA) is 20.3 Å². The number of carbonyl (C=O) groups excluding carboxylic acids is 1. The average Bonchev–Trinajstić information content (AvgIpc) is 2.30. The van der Waals surface area contributed by atoms with Crippen molar-refractivity contribution in [3.8, 4) is 0 Å². The van der Waals surface area contributed by atoms with E-state index in [0.29, 0.717) is 11.8 Å². The van der Waals surface area contributed by atoms with Crippen LogP contribution in [0.3, 0.4) is 0 Å². The molecule has 2 rings (SSSR count). The maximum atomic E-state index is 11.7. The highest BCUT2D eigenvalue weighted by Gasteiger charge is 2.37. The highest BCUT2D eigenvalue weighted by Crippen LogP contribution is 2.35. The number of hydrogen-bond donors (Lipinski definition) is 0. The number of likely N-dealkylation sites (tertiary alicyclic amines) is 1. The van der Waals surface area contributed by atoms with Crippen LogP contribution in [0.2, 0.25) is 0 Å². The van der Waals surface area contributed by atoms with E-state index in [9.17, 15) is 4.79 Å². The zero-order valence-corrected chi connectivity index (χ0v) is 11.8. The predicted octanol–water partition coefficient (Wildman–Crippen LogP) is 3.11. The summed E-state index contributed by atoms with van der Waals surface area (Å²) in [4.78, 5) is 14.3. The van der Waals surface area contributed by atoms with Gasteiger partial charge in [-0.3, -0.25) is 9.69 Å². The molecule has 1 saturated heterocycles. The molecule has 1 saturated carbocycles. The van der Waals surface area contributed by atoms with Crippen LogP contribution in [0.1, 0.15) is 53.4 Å². The lowest BCUT2D eigenvalue weighted by molar-refractivity contribution is -0.129. The van der Waals surface area contributed by atoms with Crippen molar-refractivity contribution in [1.82, 2.24) is 4.90 Å². The number of ketones is 1. The van der Waals surface area contributed by atoms with Gasteiger partial charge in [-0.25, -0.2) is 0 Å². The Balaban J connectivity index is 2.00. The molecule has 0 radical (unpaired) electrons. The molecule has 0 aromatic rings. The van der Waals surface area contributed by atoms with Crippen LogP contribution >= 0.6 is 0 Å². The summed E-state index contributed by atoms with van der Waals surface area (Å²) in [7, 11) is 0. The van der Waals surface area contributed by atoms with E-state index in [-0.39, 0.29) is 5.92 Å². The summed E-state index contributed by atoms with van der Waals surface area (Å²) in [5.41, 5.74) is 0. The highest BCUT2D eigenvalue weighted by atomic mass is 16.1. The minimum Gasteiger partial charge on any atom is -0.299 e. The Kier molecular flexibility index (Phi) is 3.92. The summed E-state index contributed by atoms with van der Waals surface area (Å²) in [5, 5.41) is 0. The Morgan fingerprint density at radius 1 is 1.06 bits per heavy atom. The first-order chi connectivity index (χ1) is 8.00. The van der Waals surface area contributed by atoms with Gasteiger partial charge in [0, 0.05) is 31.0 Å². The Morgan fingerprint density at radius 3 is 2.41 bits per heavy atom. The van der Waals surface area contributed by atoms with Crippen molar-refractivity contribution in [3.05, 3.63) is 0 Å². The molecule has 2 aliphatic rings. The molecule has 98 valence electrons. The van der Waals surface area contributed by atoms with Gasteiger partial charge in [0.25, 0.3) is 0 Å². The van der Waals surface area contributed by atoms with Gasteiger partial charge in [0.15, 0.2) is 0 Å². The van der Waals surface area contributed by atoms with Gasteiger partial charge in [0.05, 0.1) is 0 Å². The van der Waals surface area contributed by atoms with Crippen molar-refractivity contribution in [2.45, 2.75) is 65.5 Å². The van der Waals surface area contributed by atoms with Crippen molar-refractivity contribution in [2.75, 3.05) is 6.54 Å². The van der Waals surface area contributed by atoms with Gasteiger partial charge in [-0.15, -0.1) is 0 Å². The summed E-state index contributed by atoms with van der Waals surface area (Å²) in [5.74, 6) is 2.42. The zero-order chi connectivity index (χ0) is 12.6. The van der Waals surface area contributed by atoms with E-state index in [1.165, 1.54) is 19.3 Å². The fourth-order valence-corrected chi connectivity index (χ4v) is 3.56. The van der Waals surface area contributed by atoms with Gasteiger partial charge in [0.1, 0.15) is 5.78 Å². The molecule has 0 spiro atoms. The van der Waals surface area contributed by atoms with Gasteiger partial charge in [-0.1, -0.05) is 20.8 Å². The minimum atomic E-state index is 0.235. The second-order valence-corrected chi connectivity index (χ2v) is 6.40. The van der Waals surface area contributed by atoms with E-state index in [1.807, 2.05) is 0 Å².